The Balaban J connectivity index is 1.29. The van der Waals surface area contributed by atoms with E-state index in [4.69, 9.17) is 16.6 Å². The number of likely N-dealkylation sites (tertiary alicyclic amines) is 1. The first-order valence-electron chi connectivity index (χ1n) is 9.72. The monoisotopic (exact) mass is 413 g/mol. The summed E-state index contributed by atoms with van der Waals surface area (Å²) in [5, 5.41) is 4.99. The van der Waals surface area contributed by atoms with Gasteiger partial charge in [-0.25, -0.2) is 4.98 Å². The average molecular weight is 414 g/mol. The number of thiazole rings is 1. The second-order valence-electron chi connectivity index (χ2n) is 7.38. The lowest BCUT2D eigenvalue weighted by molar-refractivity contribution is -0.123. The van der Waals surface area contributed by atoms with Crippen molar-refractivity contribution in [2.75, 3.05) is 19.6 Å². The third-order valence-electron chi connectivity index (χ3n) is 5.36. The van der Waals surface area contributed by atoms with Gasteiger partial charge in [-0.3, -0.25) is 9.69 Å². The second-order valence-corrected chi connectivity index (χ2v) is 8.85. The van der Waals surface area contributed by atoms with Gasteiger partial charge in [0.2, 0.25) is 5.91 Å². The number of benzene rings is 2. The van der Waals surface area contributed by atoms with Crippen LogP contribution in [0.25, 0.3) is 10.2 Å². The molecular formula is C22H24ClN3OS. The first-order valence-corrected chi connectivity index (χ1v) is 10.9. The van der Waals surface area contributed by atoms with Crippen LogP contribution in [0.15, 0.2) is 48.5 Å². The van der Waals surface area contributed by atoms with E-state index in [1.54, 1.807) is 11.3 Å². The second kappa shape index (κ2) is 8.60. The highest BCUT2D eigenvalue weighted by atomic mass is 35.5. The fourth-order valence-corrected chi connectivity index (χ4v) is 5.23. The van der Waals surface area contributed by atoms with Crippen LogP contribution in [0.3, 0.4) is 0 Å². The van der Waals surface area contributed by atoms with E-state index in [0.29, 0.717) is 17.5 Å². The van der Waals surface area contributed by atoms with E-state index < -0.39 is 0 Å². The van der Waals surface area contributed by atoms with Crippen molar-refractivity contribution in [2.45, 2.75) is 31.7 Å². The molecule has 28 heavy (non-hydrogen) atoms. The summed E-state index contributed by atoms with van der Waals surface area (Å²) >= 11 is 8.04. The number of carbonyl (C=O) groups is 1. The number of rotatable bonds is 5. The normalized spacial score (nSPS) is 16.9. The molecule has 0 unspecified atom stereocenters. The first kappa shape index (κ1) is 19.4. The minimum atomic E-state index is -0.0958. The van der Waals surface area contributed by atoms with E-state index in [2.05, 4.69) is 28.4 Å². The third kappa shape index (κ3) is 4.37. The van der Waals surface area contributed by atoms with Crippen molar-refractivity contribution in [1.29, 1.82) is 0 Å². The van der Waals surface area contributed by atoms with Crippen LogP contribution < -0.4 is 5.32 Å². The van der Waals surface area contributed by atoms with Gasteiger partial charge in [0.1, 0.15) is 0 Å². The lowest BCUT2D eigenvalue weighted by Crippen LogP contribution is -2.41. The van der Waals surface area contributed by atoms with Crippen molar-refractivity contribution in [3.05, 3.63) is 64.1 Å². The molecule has 0 saturated carbocycles. The molecule has 6 heteroatoms. The zero-order valence-electron chi connectivity index (χ0n) is 15.9. The molecule has 146 valence electrons. The minimum Gasteiger partial charge on any atom is -0.348 e. The maximum absolute atomic E-state index is 12.5. The molecule has 2 heterocycles. The summed E-state index contributed by atoms with van der Waals surface area (Å²) in [6.45, 7) is 4.25. The largest absolute Gasteiger partial charge is 0.348 e. The van der Waals surface area contributed by atoms with Crippen molar-refractivity contribution in [3.8, 4) is 0 Å². The van der Waals surface area contributed by atoms with Crippen molar-refractivity contribution < 1.29 is 4.79 Å². The van der Waals surface area contributed by atoms with Gasteiger partial charge in [0, 0.05) is 10.9 Å². The summed E-state index contributed by atoms with van der Waals surface area (Å²) in [7, 11) is 0. The Labute approximate surface area is 174 Å². The summed E-state index contributed by atoms with van der Waals surface area (Å²) in [6, 6.07) is 15.9. The van der Waals surface area contributed by atoms with Gasteiger partial charge in [-0.05, 0) is 56.6 Å². The molecule has 4 rings (SSSR count). The van der Waals surface area contributed by atoms with E-state index in [0.717, 1.165) is 37.0 Å². The summed E-state index contributed by atoms with van der Waals surface area (Å²) in [4.78, 5) is 19.5. The Hall–Kier alpha value is -1.95. The number of amides is 1. The van der Waals surface area contributed by atoms with Crippen LogP contribution in [0, 0.1) is 0 Å². The number of halogens is 1. The van der Waals surface area contributed by atoms with Crippen LogP contribution in [0.4, 0.5) is 0 Å². The molecule has 2 aromatic carbocycles. The average Bonchev–Trinajstić information content (AvgIpc) is 3.13. The smallest absolute Gasteiger partial charge is 0.234 e. The molecule has 1 N–H and O–H groups in total. The molecule has 0 bridgehead atoms. The number of aromatic nitrogens is 1. The van der Waals surface area contributed by atoms with Crippen molar-refractivity contribution in [3.63, 3.8) is 0 Å². The van der Waals surface area contributed by atoms with Gasteiger partial charge in [0.25, 0.3) is 0 Å². The Bertz CT molecular complexity index is 932. The van der Waals surface area contributed by atoms with Gasteiger partial charge >= 0.3 is 0 Å². The van der Waals surface area contributed by atoms with Gasteiger partial charge < -0.3 is 5.32 Å². The van der Waals surface area contributed by atoms with Gasteiger partial charge in [-0.2, -0.15) is 0 Å². The van der Waals surface area contributed by atoms with Crippen LogP contribution >= 0.6 is 22.9 Å². The molecule has 0 spiro atoms. The molecule has 0 radical (unpaired) electrons. The Morgan fingerprint density at radius 1 is 1.21 bits per heavy atom. The molecule has 1 atom stereocenters. The number of nitrogens with one attached hydrogen (secondary N) is 1. The molecule has 1 aromatic heterocycles. The zero-order chi connectivity index (χ0) is 19.5. The first-order chi connectivity index (χ1) is 13.6. The highest BCUT2D eigenvalue weighted by molar-refractivity contribution is 7.18. The van der Waals surface area contributed by atoms with Gasteiger partial charge in [-0.1, -0.05) is 41.9 Å². The summed E-state index contributed by atoms with van der Waals surface area (Å²) in [5.74, 6) is 0.546. The van der Waals surface area contributed by atoms with E-state index in [1.165, 1.54) is 9.71 Å². The molecule has 4 nitrogen and oxygen atoms in total. The quantitative estimate of drug-likeness (QED) is 0.639. The van der Waals surface area contributed by atoms with Crippen molar-refractivity contribution in [2.24, 2.45) is 0 Å². The number of piperidine rings is 1. The molecule has 1 amide bonds. The van der Waals surface area contributed by atoms with E-state index in [1.807, 2.05) is 37.3 Å². The number of carbonyl (C=O) groups excluding carboxylic acids is 1. The maximum Gasteiger partial charge on any atom is 0.234 e. The minimum absolute atomic E-state index is 0.0471. The molecule has 3 aromatic rings. The summed E-state index contributed by atoms with van der Waals surface area (Å²) in [6.07, 6.45) is 2.10. The van der Waals surface area contributed by atoms with Crippen LogP contribution in [0.2, 0.25) is 5.02 Å². The fraction of sp³-hybridized carbons (Fsp3) is 0.364. The Morgan fingerprint density at radius 3 is 2.68 bits per heavy atom. The van der Waals surface area contributed by atoms with E-state index in [-0.39, 0.29) is 11.9 Å². The van der Waals surface area contributed by atoms with E-state index in [9.17, 15) is 4.79 Å². The highest BCUT2D eigenvalue weighted by Gasteiger charge is 2.25. The molecule has 1 aliphatic rings. The maximum atomic E-state index is 12.5. The van der Waals surface area contributed by atoms with Crippen molar-refractivity contribution in [1.82, 2.24) is 15.2 Å². The van der Waals surface area contributed by atoms with Crippen LogP contribution in [-0.2, 0) is 4.79 Å². The Morgan fingerprint density at radius 2 is 1.93 bits per heavy atom. The van der Waals surface area contributed by atoms with E-state index >= 15 is 0 Å². The molecule has 1 saturated heterocycles. The fourth-order valence-electron chi connectivity index (χ4n) is 3.80. The van der Waals surface area contributed by atoms with Gasteiger partial charge in [0.05, 0.1) is 27.8 Å². The topological polar surface area (TPSA) is 45.2 Å². The molecule has 1 aliphatic heterocycles. The predicted octanol–water partition coefficient (Wildman–Crippen LogP) is 5.01. The molecular weight excluding hydrogens is 390 g/mol. The molecule has 1 fully saturated rings. The number of hydrogen-bond donors (Lipinski definition) is 1. The lowest BCUT2D eigenvalue weighted by atomic mass is 9.97. The van der Waals surface area contributed by atoms with Gasteiger partial charge in [-0.15, -0.1) is 11.3 Å². The van der Waals surface area contributed by atoms with Gasteiger partial charge in [0.15, 0.2) is 0 Å². The zero-order valence-corrected chi connectivity index (χ0v) is 17.5. The summed E-state index contributed by atoms with van der Waals surface area (Å²) < 4.78 is 1.26. The standard InChI is InChI=1S/C22H24ClN3OS/c1-15(17-6-2-3-7-18(17)23)24-21(27)14-26-12-10-16(11-13-26)22-25-19-8-4-5-9-20(19)28-22/h2-9,15-16H,10-14H2,1H3,(H,24,27)/t15-/m1/s1. The predicted molar refractivity (Wildman–Crippen MR) is 116 cm³/mol. The third-order valence-corrected chi connectivity index (χ3v) is 6.91. The SMILES string of the molecule is C[C@@H](NC(=O)CN1CCC(c2nc3ccccc3s2)CC1)c1ccccc1Cl. The summed E-state index contributed by atoms with van der Waals surface area (Å²) in [5.41, 5.74) is 2.05. The number of hydrogen-bond acceptors (Lipinski definition) is 4. The van der Waals surface area contributed by atoms with Crippen LogP contribution in [0.5, 0.6) is 0 Å². The number of para-hydroxylation sites is 1. The molecule has 0 aliphatic carbocycles. The number of fused-ring (bicyclic) bond motifs is 1. The van der Waals surface area contributed by atoms with Crippen LogP contribution in [-0.4, -0.2) is 35.4 Å². The Kier molecular flexibility index (Phi) is 5.95. The highest BCUT2D eigenvalue weighted by Crippen LogP contribution is 2.33. The lowest BCUT2D eigenvalue weighted by Gasteiger charge is -2.30. The number of nitrogens with zero attached hydrogens (tertiary/aromatic N) is 2. The van der Waals surface area contributed by atoms with Crippen molar-refractivity contribution >= 4 is 39.1 Å². The van der Waals surface area contributed by atoms with Crippen LogP contribution in [0.1, 0.15) is 42.3 Å².